The molecule has 3 aliphatic heterocycles. The van der Waals surface area contributed by atoms with E-state index in [0.717, 1.165) is 25.9 Å². The van der Waals surface area contributed by atoms with Gasteiger partial charge in [-0.25, -0.2) is 0 Å². The number of thiophene rings is 1. The second-order valence-corrected chi connectivity index (χ2v) is 10.4. The van der Waals surface area contributed by atoms with Crippen molar-refractivity contribution in [3.63, 3.8) is 0 Å². The lowest BCUT2D eigenvalue weighted by molar-refractivity contribution is -0.132. The highest BCUT2D eigenvalue weighted by Gasteiger charge is 2.63. The largest absolute Gasteiger partial charge is 0.350 e. The molecule has 1 saturated heterocycles. The Labute approximate surface area is 167 Å². The van der Waals surface area contributed by atoms with Crippen molar-refractivity contribution in [3.8, 4) is 0 Å². The van der Waals surface area contributed by atoms with E-state index in [1.807, 2.05) is 0 Å². The summed E-state index contributed by atoms with van der Waals surface area (Å²) in [4.78, 5) is 21.1. The zero-order valence-corrected chi connectivity index (χ0v) is 17.8. The van der Waals surface area contributed by atoms with Crippen LogP contribution in [0.1, 0.15) is 46.1 Å². The molecule has 1 aromatic heterocycles. The van der Waals surface area contributed by atoms with Gasteiger partial charge < -0.3 is 5.32 Å². The third-order valence-electron chi connectivity index (χ3n) is 6.66. The molecule has 5 heteroatoms. The number of nitrogens with one attached hydrogen (secondary N) is 1. The van der Waals surface area contributed by atoms with Crippen LogP contribution in [0.25, 0.3) is 0 Å². The van der Waals surface area contributed by atoms with Crippen LogP contribution in [0.3, 0.4) is 0 Å². The second-order valence-electron chi connectivity index (χ2n) is 9.63. The molecule has 4 aliphatic rings. The minimum absolute atomic E-state index is 0.148. The zero-order valence-electron chi connectivity index (χ0n) is 17.0. The lowest BCUT2D eigenvalue weighted by Gasteiger charge is -2.51. The molecule has 1 N–H and O–H groups in total. The topological polar surface area (TPSA) is 44.7 Å². The molecule has 0 aromatic carbocycles. The Morgan fingerprint density at radius 2 is 2.19 bits per heavy atom. The number of rotatable bonds is 7. The van der Waals surface area contributed by atoms with Crippen molar-refractivity contribution < 1.29 is 4.79 Å². The van der Waals surface area contributed by atoms with Crippen molar-refractivity contribution in [2.75, 3.05) is 13.1 Å². The zero-order chi connectivity index (χ0) is 19.2. The van der Waals surface area contributed by atoms with E-state index in [-0.39, 0.29) is 5.91 Å². The van der Waals surface area contributed by atoms with Gasteiger partial charge in [-0.1, -0.05) is 27.7 Å². The van der Waals surface area contributed by atoms with E-state index in [4.69, 9.17) is 4.99 Å². The Kier molecular flexibility index (Phi) is 5.19. The first-order valence-corrected chi connectivity index (χ1v) is 11.4. The van der Waals surface area contributed by atoms with Crippen molar-refractivity contribution in [1.82, 2.24) is 10.2 Å². The van der Waals surface area contributed by atoms with E-state index in [0.29, 0.717) is 42.2 Å². The van der Waals surface area contributed by atoms with Crippen LogP contribution in [-0.4, -0.2) is 41.7 Å². The van der Waals surface area contributed by atoms with Gasteiger partial charge in [-0.05, 0) is 53.0 Å². The van der Waals surface area contributed by atoms with Gasteiger partial charge in [0.25, 0.3) is 0 Å². The number of aliphatic imine (C=N–C) groups is 1. The summed E-state index contributed by atoms with van der Waals surface area (Å²) in [5, 5.41) is 7.41. The molecule has 4 nitrogen and oxygen atoms in total. The van der Waals surface area contributed by atoms with Crippen LogP contribution >= 0.6 is 11.3 Å². The highest BCUT2D eigenvalue weighted by molar-refractivity contribution is 7.07. The predicted octanol–water partition coefficient (Wildman–Crippen LogP) is 3.83. The fourth-order valence-electron chi connectivity index (χ4n) is 5.76. The van der Waals surface area contributed by atoms with Crippen LogP contribution in [0.4, 0.5) is 0 Å². The van der Waals surface area contributed by atoms with Gasteiger partial charge in [-0.2, -0.15) is 11.3 Å². The maximum absolute atomic E-state index is 13.5. The van der Waals surface area contributed by atoms with Crippen LogP contribution in [0.15, 0.2) is 21.8 Å². The molecule has 1 aliphatic carbocycles. The Hall–Kier alpha value is -1.20. The number of likely N-dealkylation sites (tertiary alicyclic amines) is 1. The average Bonchev–Trinajstić information content (AvgIpc) is 3.22. The first kappa shape index (κ1) is 19.1. The molecular weight excluding hydrogens is 354 g/mol. The van der Waals surface area contributed by atoms with Gasteiger partial charge >= 0.3 is 0 Å². The molecule has 2 fully saturated rings. The summed E-state index contributed by atoms with van der Waals surface area (Å²) in [6.45, 7) is 12.0. The van der Waals surface area contributed by atoms with Gasteiger partial charge in [-0.15, -0.1) is 0 Å². The molecule has 1 aromatic rings. The second kappa shape index (κ2) is 7.32. The lowest BCUT2D eigenvalue weighted by Crippen LogP contribution is -2.63. The predicted molar refractivity (Wildman–Crippen MR) is 112 cm³/mol. The quantitative estimate of drug-likeness (QED) is 0.773. The maximum atomic E-state index is 13.5. The molecule has 1 saturated carbocycles. The van der Waals surface area contributed by atoms with Crippen LogP contribution in [-0.2, 0) is 11.3 Å². The number of hydrogen-bond acceptors (Lipinski definition) is 4. The molecule has 1 amide bonds. The number of carbonyl (C=O) groups is 1. The standard InChI is InChI=1S/C22H33N3OS/c1-14(2)7-19-20-18-10-24-22(19,8-17(18)12-25(20)11-15(3)4)21(26)23-9-16-5-6-27-13-16/h5-6,10,13-15,17-20H,7-9,11-12H2,1-4H3,(H,23,26). The van der Waals surface area contributed by atoms with Gasteiger partial charge in [0.05, 0.1) is 0 Å². The highest BCUT2D eigenvalue weighted by Crippen LogP contribution is 2.54. The van der Waals surface area contributed by atoms with E-state index in [9.17, 15) is 4.79 Å². The first-order valence-electron chi connectivity index (χ1n) is 10.5. The average molecular weight is 388 g/mol. The molecule has 5 atom stereocenters. The van der Waals surface area contributed by atoms with Crippen molar-refractivity contribution in [3.05, 3.63) is 22.4 Å². The number of amides is 1. The SMILES string of the molecule is CC(C)CC1C2C3C=NC1(C(=O)NCc1ccsc1)CC3CN2CC(C)C. The number of hydrogen-bond donors (Lipinski definition) is 1. The summed E-state index contributed by atoms with van der Waals surface area (Å²) in [6, 6.07) is 2.57. The summed E-state index contributed by atoms with van der Waals surface area (Å²) in [6.07, 6.45) is 4.15. The van der Waals surface area contributed by atoms with Crippen LogP contribution in [0, 0.1) is 29.6 Å². The molecule has 0 spiro atoms. The van der Waals surface area contributed by atoms with Gasteiger partial charge in [0.1, 0.15) is 5.54 Å². The normalized spacial score (nSPS) is 34.7. The Morgan fingerprint density at radius 1 is 1.37 bits per heavy atom. The fraction of sp³-hybridized carbons (Fsp3) is 0.727. The van der Waals surface area contributed by atoms with E-state index in [2.05, 4.69) is 61.0 Å². The third kappa shape index (κ3) is 3.38. The minimum atomic E-state index is -0.559. The van der Waals surface area contributed by atoms with Crippen molar-refractivity contribution >= 4 is 23.5 Å². The van der Waals surface area contributed by atoms with E-state index < -0.39 is 5.54 Å². The van der Waals surface area contributed by atoms with Crippen molar-refractivity contribution in [1.29, 1.82) is 0 Å². The van der Waals surface area contributed by atoms with E-state index in [1.165, 1.54) is 5.56 Å². The van der Waals surface area contributed by atoms with E-state index in [1.54, 1.807) is 11.3 Å². The molecule has 5 rings (SSSR count). The summed E-state index contributed by atoms with van der Waals surface area (Å²) >= 11 is 1.68. The molecule has 148 valence electrons. The van der Waals surface area contributed by atoms with Crippen LogP contribution in [0.5, 0.6) is 0 Å². The Balaban J connectivity index is 1.61. The highest BCUT2D eigenvalue weighted by atomic mass is 32.1. The van der Waals surface area contributed by atoms with Crippen LogP contribution < -0.4 is 5.32 Å². The van der Waals surface area contributed by atoms with Crippen LogP contribution in [0.2, 0.25) is 0 Å². The van der Waals surface area contributed by atoms with Gasteiger partial charge in [0.2, 0.25) is 5.91 Å². The van der Waals surface area contributed by atoms with Crippen molar-refractivity contribution in [2.24, 2.45) is 34.6 Å². The minimum Gasteiger partial charge on any atom is -0.350 e. The molecule has 4 heterocycles. The Morgan fingerprint density at radius 3 is 2.85 bits per heavy atom. The fourth-order valence-corrected chi connectivity index (χ4v) is 6.43. The monoisotopic (exact) mass is 387 g/mol. The lowest BCUT2D eigenvalue weighted by atomic mass is 9.59. The number of nitrogens with zero attached hydrogens (tertiary/aromatic N) is 2. The number of carbonyl (C=O) groups excluding carboxylic acids is 1. The molecule has 0 radical (unpaired) electrons. The summed E-state index contributed by atoms with van der Waals surface area (Å²) < 4.78 is 0. The van der Waals surface area contributed by atoms with Gasteiger partial charge in [-0.3, -0.25) is 14.7 Å². The third-order valence-corrected chi connectivity index (χ3v) is 7.39. The Bertz CT molecular complexity index is 698. The molecular formula is C22H33N3OS. The van der Waals surface area contributed by atoms with E-state index >= 15 is 0 Å². The van der Waals surface area contributed by atoms with Gasteiger partial charge in [0, 0.05) is 43.7 Å². The summed E-state index contributed by atoms with van der Waals surface area (Å²) in [7, 11) is 0. The molecule has 4 bridgehead atoms. The molecule has 5 unspecified atom stereocenters. The maximum Gasteiger partial charge on any atom is 0.248 e. The summed E-state index contributed by atoms with van der Waals surface area (Å²) in [5.41, 5.74) is 0.624. The molecule has 27 heavy (non-hydrogen) atoms. The van der Waals surface area contributed by atoms with Crippen molar-refractivity contribution in [2.45, 2.75) is 58.7 Å². The van der Waals surface area contributed by atoms with Gasteiger partial charge in [0.15, 0.2) is 0 Å². The summed E-state index contributed by atoms with van der Waals surface area (Å²) in [5.74, 6) is 2.83. The smallest absolute Gasteiger partial charge is 0.248 e. The first-order chi connectivity index (χ1) is 12.9.